The van der Waals surface area contributed by atoms with Crippen molar-refractivity contribution in [3.63, 3.8) is 0 Å². The number of rotatable bonds is 6. The van der Waals surface area contributed by atoms with Crippen molar-refractivity contribution in [2.75, 3.05) is 39.2 Å². The lowest BCUT2D eigenvalue weighted by atomic mass is 10.1. The number of thioether (sulfide) groups is 1. The maximum atomic E-state index is 13.4. The molecule has 1 aliphatic heterocycles. The molecule has 0 N–H and O–H groups in total. The Morgan fingerprint density at radius 2 is 1.85 bits per heavy atom. The number of thiol groups is 1. The fraction of sp³-hybridized carbons (Fsp3) is 0.350. The van der Waals surface area contributed by atoms with E-state index in [0.29, 0.717) is 6.54 Å². The molecule has 1 aliphatic rings. The molecule has 0 fully saturated rings. The lowest BCUT2D eigenvalue weighted by Crippen LogP contribution is -2.43. The number of likely N-dealkylation sites (N-methyl/N-ethyl adjacent to an activating group) is 1. The molecule has 0 spiro atoms. The lowest BCUT2D eigenvalue weighted by Gasteiger charge is -2.27. The van der Waals surface area contributed by atoms with Crippen LogP contribution in [-0.2, 0) is 8.98 Å². The number of carbonyl (C=O) groups excluding carboxylic acids is 1. The zero-order chi connectivity index (χ0) is 19.4. The molecule has 3 rings (SSSR count). The molecule has 0 saturated heterocycles. The maximum absolute atomic E-state index is 13.4. The summed E-state index contributed by atoms with van der Waals surface area (Å²) in [5, 5.41) is -0.202. The number of anilines is 1. The van der Waals surface area contributed by atoms with E-state index in [0.717, 1.165) is 28.4 Å². The van der Waals surface area contributed by atoms with E-state index >= 15 is 0 Å². The van der Waals surface area contributed by atoms with E-state index in [1.165, 1.54) is 0 Å². The average Bonchev–Trinajstić information content (AvgIpc) is 2.80. The van der Waals surface area contributed by atoms with Crippen molar-refractivity contribution in [3.05, 3.63) is 54.1 Å². The second-order valence-electron chi connectivity index (χ2n) is 6.60. The van der Waals surface area contributed by atoms with E-state index in [9.17, 15) is 4.79 Å². The van der Waals surface area contributed by atoms with Crippen LogP contribution in [0.2, 0.25) is 0 Å². The van der Waals surface area contributed by atoms with Gasteiger partial charge in [-0.15, -0.1) is 11.8 Å². The van der Waals surface area contributed by atoms with Gasteiger partial charge in [-0.2, -0.15) is 0 Å². The van der Waals surface area contributed by atoms with Crippen LogP contribution in [0.1, 0.15) is 10.8 Å². The summed E-state index contributed by atoms with van der Waals surface area (Å²) < 4.78 is 10.7. The number of amides is 1. The Hall–Kier alpha value is -1.67. The summed E-state index contributed by atoms with van der Waals surface area (Å²) in [7, 11) is 5.63. The molecule has 1 amide bonds. The third-order valence-corrected chi connectivity index (χ3v) is 6.12. The van der Waals surface area contributed by atoms with Gasteiger partial charge in [-0.3, -0.25) is 4.79 Å². The maximum Gasteiger partial charge on any atom is 0.259 e. The third-order valence-electron chi connectivity index (χ3n) is 4.52. The first-order valence-corrected chi connectivity index (χ1v) is 9.95. The highest BCUT2D eigenvalue weighted by Crippen LogP contribution is 2.46. The molecule has 2 aromatic rings. The van der Waals surface area contributed by atoms with E-state index in [1.54, 1.807) is 18.9 Å². The number of para-hydroxylation sites is 1. The van der Waals surface area contributed by atoms with Crippen molar-refractivity contribution >= 4 is 36.3 Å². The first kappa shape index (κ1) is 20.1. The van der Waals surface area contributed by atoms with E-state index < -0.39 is 6.10 Å². The highest BCUT2D eigenvalue weighted by molar-refractivity contribution is 7.99. The minimum atomic E-state index is -0.693. The van der Waals surface area contributed by atoms with Crippen LogP contribution in [0.5, 0.6) is 5.75 Å². The van der Waals surface area contributed by atoms with Gasteiger partial charge in [-0.1, -0.05) is 24.3 Å². The first-order valence-electron chi connectivity index (χ1n) is 8.71. The molecule has 0 radical (unpaired) electrons. The molecule has 1 heterocycles. The second-order valence-corrected chi connectivity index (χ2v) is 7.99. The zero-order valence-electron chi connectivity index (χ0n) is 15.7. The van der Waals surface area contributed by atoms with Gasteiger partial charge in [0.25, 0.3) is 5.91 Å². The van der Waals surface area contributed by atoms with Crippen molar-refractivity contribution in [1.29, 1.82) is 0 Å². The largest absolute Gasteiger partial charge is 0.497 e. The quantitative estimate of drug-likeness (QED) is 0.588. The fourth-order valence-corrected chi connectivity index (χ4v) is 4.66. The molecular weight excluding hydrogens is 380 g/mol. The fourth-order valence-electron chi connectivity index (χ4n) is 3.05. The van der Waals surface area contributed by atoms with Crippen molar-refractivity contribution in [1.82, 2.24) is 4.90 Å². The molecule has 0 aromatic heterocycles. The summed E-state index contributed by atoms with van der Waals surface area (Å²) in [5.74, 6) is 0.699. The molecular formula is C20H24N2O3S2. The van der Waals surface area contributed by atoms with Gasteiger partial charge >= 0.3 is 0 Å². The van der Waals surface area contributed by atoms with Crippen LogP contribution in [0.25, 0.3) is 0 Å². The van der Waals surface area contributed by atoms with Crippen LogP contribution in [-0.4, -0.2) is 51.2 Å². The van der Waals surface area contributed by atoms with Gasteiger partial charge in [-0.25, -0.2) is 0 Å². The Kier molecular flexibility index (Phi) is 6.70. The molecule has 2 atom stereocenters. The lowest BCUT2D eigenvalue weighted by molar-refractivity contribution is -0.124. The molecule has 0 bridgehead atoms. The van der Waals surface area contributed by atoms with Crippen molar-refractivity contribution in [2.24, 2.45) is 0 Å². The molecule has 2 aromatic carbocycles. The zero-order valence-corrected chi connectivity index (χ0v) is 17.4. The highest BCUT2D eigenvalue weighted by Gasteiger charge is 2.39. The summed E-state index contributed by atoms with van der Waals surface area (Å²) in [4.78, 5) is 18.3. The predicted octanol–water partition coefficient (Wildman–Crippen LogP) is 3.67. The summed E-state index contributed by atoms with van der Waals surface area (Å²) in [5.41, 5.74) is 1.92. The van der Waals surface area contributed by atoms with Crippen LogP contribution >= 0.6 is 24.7 Å². The van der Waals surface area contributed by atoms with Crippen molar-refractivity contribution < 1.29 is 13.7 Å². The van der Waals surface area contributed by atoms with E-state index in [-0.39, 0.29) is 11.2 Å². The van der Waals surface area contributed by atoms with Crippen LogP contribution in [0.4, 0.5) is 5.69 Å². The number of nitrogens with zero attached hydrogens (tertiary/aromatic N) is 2. The highest BCUT2D eigenvalue weighted by atomic mass is 32.2. The normalized spacial score (nSPS) is 19.7. The standard InChI is InChI=1S/C20H24N2O3S2/c1-21(2)12-13-22-16-6-4-5-7-17(16)27-19(18(25-26)20(22)23)14-8-10-15(24-3)11-9-14/h4-11,18-19,26H,12-13H2,1-3H3. The minimum Gasteiger partial charge on any atom is -0.497 e. The Morgan fingerprint density at radius 3 is 2.48 bits per heavy atom. The number of hydrogen-bond acceptors (Lipinski definition) is 6. The predicted molar refractivity (Wildman–Crippen MR) is 113 cm³/mol. The topological polar surface area (TPSA) is 42.0 Å². The Balaban J connectivity index is 2.01. The van der Waals surface area contributed by atoms with E-state index in [4.69, 9.17) is 8.92 Å². The number of fused-ring (bicyclic) bond motifs is 1. The van der Waals surface area contributed by atoms with Gasteiger partial charge in [0, 0.05) is 18.0 Å². The number of ether oxygens (including phenoxy) is 1. The summed E-state index contributed by atoms with van der Waals surface area (Å²) in [6.07, 6.45) is -0.693. The number of hydrogen-bond donors (Lipinski definition) is 1. The van der Waals surface area contributed by atoms with Gasteiger partial charge in [0.2, 0.25) is 0 Å². The van der Waals surface area contributed by atoms with Crippen molar-refractivity contribution in [2.45, 2.75) is 16.2 Å². The van der Waals surface area contributed by atoms with Gasteiger partial charge in [0.1, 0.15) is 5.75 Å². The van der Waals surface area contributed by atoms with Crippen LogP contribution in [0, 0.1) is 0 Å². The molecule has 5 nitrogen and oxygen atoms in total. The number of carbonyl (C=O) groups is 1. The average molecular weight is 405 g/mol. The minimum absolute atomic E-state index is 0.0786. The Morgan fingerprint density at radius 1 is 1.15 bits per heavy atom. The van der Waals surface area contributed by atoms with Gasteiger partial charge < -0.3 is 18.7 Å². The van der Waals surface area contributed by atoms with E-state index in [1.807, 2.05) is 67.5 Å². The van der Waals surface area contributed by atoms with Crippen LogP contribution < -0.4 is 9.64 Å². The van der Waals surface area contributed by atoms with E-state index in [2.05, 4.69) is 17.8 Å². The van der Waals surface area contributed by atoms with Crippen LogP contribution in [0.15, 0.2) is 53.4 Å². The van der Waals surface area contributed by atoms with Gasteiger partial charge in [-0.05, 0) is 56.8 Å². The smallest absolute Gasteiger partial charge is 0.259 e. The number of methoxy groups -OCH3 is 1. The van der Waals surface area contributed by atoms with Crippen LogP contribution in [0.3, 0.4) is 0 Å². The van der Waals surface area contributed by atoms with Gasteiger partial charge in [0.05, 0.1) is 18.0 Å². The second kappa shape index (κ2) is 9.01. The summed E-state index contributed by atoms with van der Waals surface area (Å²) in [6, 6.07) is 15.7. The molecule has 0 aliphatic carbocycles. The monoisotopic (exact) mass is 404 g/mol. The number of benzene rings is 2. The molecule has 0 saturated carbocycles. The first-order chi connectivity index (χ1) is 13.0. The Bertz CT molecular complexity index is 783. The molecule has 144 valence electrons. The molecule has 27 heavy (non-hydrogen) atoms. The third kappa shape index (κ3) is 4.43. The SMILES string of the molecule is COc1ccc(C2Sc3ccccc3N(CCN(C)C)C(=O)C2OS)cc1. The molecule has 7 heteroatoms. The van der Waals surface area contributed by atoms with Crippen molar-refractivity contribution in [3.8, 4) is 5.75 Å². The Labute approximate surface area is 170 Å². The summed E-state index contributed by atoms with van der Waals surface area (Å²) >= 11 is 5.68. The molecule has 2 unspecified atom stereocenters. The van der Waals surface area contributed by atoms with Gasteiger partial charge in [0.15, 0.2) is 6.10 Å². The summed E-state index contributed by atoms with van der Waals surface area (Å²) in [6.45, 7) is 1.35.